The molecule has 1 aliphatic rings. The molecule has 0 fully saturated rings. The highest BCUT2D eigenvalue weighted by Gasteiger charge is 2.18. The average molecular weight is 201 g/mol. The van der Waals surface area contributed by atoms with Crippen LogP contribution in [-0.4, -0.2) is 6.61 Å². The van der Waals surface area contributed by atoms with Gasteiger partial charge in [-0.25, -0.2) is 0 Å². The molecule has 78 valence electrons. The molecule has 0 spiro atoms. The predicted octanol–water partition coefficient (Wildman–Crippen LogP) is 2.88. The monoisotopic (exact) mass is 201 g/mol. The molecule has 0 aromatic heterocycles. The maximum absolute atomic E-state index is 9.12. The fourth-order valence-electron chi connectivity index (χ4n) is 2.01. The van der Waals surface area contributed by atoms with Gasteiger partial charge in [0.15, 0.2) is 0 Å². The molecule has 1 aromatic rings. The summed E-state index contributed by atoms with van der Waals surface area (Å²) in [7, 11) is 0. The summed E-state index contributed by atoms with van der Waals surface area (Å²) in [5.74, 6) is 1.34. The molecule has 0 saturated heterocycles. The van der Waals surface area contributed by atoms with Crippen LogP contribution in [0.3, 0.4) is 0 Å². The molecule has 1 unspecified atom stereocenters. The molecular formula is C13H15NO. The summed E-state index contributed by atoms with van der Waals surface area (Å²) in [4.78, 5) is 0. The van der Waals surface area contributed by atoms with Crippen LogP contribution in [0.5, 0.6) is 5.75 Å². The maximum Gasteiger partial charge on any atom is 0.122 e. The summed E-state index contributed by atoms with van der Waals surface area (Å²) in [6.45, 7) is 4.94. The first kappa shape index (κ1) is 10.0. The van der Waals surface area contributed by atoms with Gasteiger partial charge in [-0.05, 0) is 23.1 Å². The van der Waals surface area contributed by atoms with Gasteiger partial charge >= 0.3 is 0 Å². The Hall–Kier alpha value is -1.49. The fourth-order valence-corrected chi connectivity index (χ4v) is 2.01. The number of nitriles is 1. The third-order valence-corrected chi connectivity index (χ3v) is 2.88. The zero-order valence-electron chi connectivity index (χ0n) is 9.16. The zero-order chi connectivity index (χ0) is 10.8. The second-order valence-corrected chi connectivity index (χ2v) is 4.32. The second kappa shape index (κ2) is 3.94. The van der Waals surface area contributed by atoms with E-state index in [9.17, 15) is 0 Å². The first-order valence-corrected chi connectivity index (χ1v) is 5.37. The lowest BCUT2D eigenvalue weighted by atomic mass is 9.89. The molecule has 1 aromatic carbocycles. The molecule has 15 heavy (non-hydrogen) atoms. The largest absolute Gasteiger partial charge is 0.493 e. The van der Waals surface area contributed by atoms with Crippen molar-refractivity contribution in [3.8, 4) is 11.8 Å². The van der Waals surface area contributed by atoms with Crippen molar-refractivity contribution in [2.45, 2.75) is 26.2 Å². The minimum absolute atomic E-state index is 0.00380. The second-order valence-electron chi connectivity index (χ2n) is 4.32. The van der Waals surface area contributed by atoms with Crippen molar-refractivity contribution in [1.82, 2.24) is 0 Å². The molecule has 2 rings (SSSR count). The first-order chi connectivity index (χ1) is 7.22. The number of ether oxygens (including phenoxy) is 1. The van der Waals surface area contributed by atoms with Gasteiger partial charge in [0.05, 0.1) is 18.6 Å². The lowest BCUT2D eigenvalue weighted by Crippen LogP contribution is -2.04. The Labute approximate surface area is 90.5 Å². The zero-order valence-corrected chi connectivity index (χ0v) is 9.16. The Bertz CT molecular complexity index is 403. The predicted molar refractivity (Wildman–Crippen MR) is 58.8 cm³/mol. The van der Waals surface area contributed by atoms with E-state index in [0.717, 1.165) is 24.3 Å². The normalized spacial score (nSPS) is 15.6. The Kier molecular flexibility index (Phi) is 2.64. The van der Waals surface area contributed by atoms with E-state index in [1.165, 1.54) is 5.56 Å². The number of fused-ring (bicyclic) bond motifs is 1. The van der Waals surface area contributed by atoms with E-state index < -0.39 is 0 Å². The quantitative estimate of drug-likeness (QED) is 0.737. The molecule has 0 aliphatic carbocycles. The lowest BCUT2D eigenvalue weighted by Gasteiger charge is -2.13. The molecule has 2 heteroatoms. The van der Waals surface area contributed by atoms with Gasteiger partial charge in [0.2, 0.25) is 0 Å². The third kappa shape index (κ3) is 1.83. The standard InChI is InChI=1S/C13H15NO/c1-9(2)12(8-14)10-3-4-13-11(7-10)5-6-15-13/h3-4,7,9,12H,5-6H2,1-2H3. The van der Waals surface area contributed by atoms with Crippen LogP contribution >= 0.6 is 0 Å². The molecule has 0 radical (unpaired) electrons. The van der Waals surface area contributed by atoms with Gasteiger partial charge in [0, 0.05) is 6.42 Å². The molecule has 1 heterocycles. The van der Waals surface area contributed by atoms with Crippen LogP contribution < -0.4 is 4.74 Å². The number of hydrogen-bond acceptors (Lipinski definition) is 2. The van der Waals surface area contributed by atoms with E-state index in [1.807, 2.05) is 12.1 Å². The Morgan fingerprint density at radius 3 is 2.87 bits per heavy atom. The van der Waals surface area contributed by atoms with Crippen molar-refractivity contribution in [1.29, 1.82) is 5.26 Å². The lowest BCUT2D eigenvalue weighted by molar-refractivity contribution is 0.356. The number of hydrogen-bond donors (Lipinski definition) is 0. The summed E-state index contributed by atoms with van der Waals surface area (Å²) >= 11 is 0. The van der Waals surface area contributed by atoms with E-state index in [2.05, 4.69) is 26.0 Å². The molecule has 0 bridgehead atoms. The van der Waals surface area contributed by atoms with E-state index in [-0.39, 0.29) is 5.92 Å². The van der Waals surface area contributed by atoms with Gasteiger partial charge in [-0.15, -0.1) is 0 Å². The van der Waals surface area contributed by atoms with Crippen LogP contribution in [0.4, 0.5) is 0 Å². The Morgan fingerprint density at radius 2 is 2.20 bits per heavy atom. The van der Waals surface area contributed by atoms with Crippen LogP contribution in [0, 0.1) is 17.2 Å². The third-order valence-electron chi connectivity index (χ3n) is 2.88. The van der Waals surface area contributed by atoms with Crippen LogP contribution in [0.25, 0.3) is 0 Å². The van der Waals surface area contributed by atoms with E-state index >= 15 is 0 Å². The first-order valence-electron chi connectivity index (χ1n) is 5.37. The number of benzene rings is 1. The average Bonchev–Trinajstić information content (AvgIpc) is 2.65. The van der Waals surface area contributed by atoms with E-state index in [4.69, 9.17) is 10.00 Å². The van der Waals surface area contributed by atoms with Gasteiger partial charge in [0.25, 0.3) is 0 Å². The minimum Gasteiger partial charge on any atom is -0.493 e. The summed E-state index contributed by atoms with van der Waals surface area (Å²) in [6, 6.07) is 8.49. The maximum atomic E-state index is 9.12. The minimum atomic E-state index is -0.00380. The molecule has 1 atom stereocenters. The van der Waals surface area contributed by atoms with Crippen LogP contribution in [0.1, 0.15) is 30.9 Å². The van der Waals surface area contributed by atoms with Gasteiger partial charge < -0.3 is 4.74 Å². The molecular weight excluding hydrogens is 186 g/mol. The van der Waals surface area contributed by atoms with Crippen LogP contribution in [-0.2, 0) is 6.42 Å². The Morgan fingerprint density at radius 1 is 1.40 bits per heavy atom. The van der Waals surface area contributed by atoms with E-state index in [1.54, 1.807) is 0 Å². The van der Waals surface area contributed by atoms with Crippen molar-refractivity contribution in [2.24, 2.45) is 5.92 Å². The highest BCUT2D eigenvalue weighted by molar-refractivity contribution is 5.42. The SMILES string of the molecule is CC(C)C(C#N)c1ccc2c(c1)CCO2. The number of nitrogens with zero attached hydrogens (tertiary/aromatic N) is 1. The van der Waals surface area contributed by atoms with Crippen molar-refractivity contribution < 1.29 is 4.74 Å². The molecule has 2 nitrogen and oxygen atoms in total. The summed E-state index contributed by atoms with van der Waals surface area (Å²) in [5.41, 5.74) is 2.37. The van der Waals surface area contributed by atoms with Crippen molar-refractivity contribution in [2.75, 3.05) is 6.61 Å². The molecule has 0 saturated carbocycles. The van der Waals surface area contributed by atoms with Crippen LogP contribution in [0.2, 0.25) is 0 Å². The van der Waals surface area contributed by atoms with Crippen molar-refractivity contribution >= 4 is 0 Å². The van der Waals surface area contributed by atoms with Gasteiger partial charge in [-0.3, -0.25) is 0 Å². The van der Waals surface area contributed by atoms with Crippen molar-refractivity contribution in [3.05, 3.63) is 29.3 Å². The van der Waals surface area contributed by atoms with E-state index in [0.29, 0.717) is 5.92 Å². The summed E-state index contributed by atoms with van der Waals surface area (Å²) in [5, 5.41) is 9.12. The van der Waals surface area contributed by atoms with Gasteiger partial charge in [-0.2, -0.15) is 5.26 Å². The summed E-state index contributed by atoms with van der Waals surface area (Å²) < 4.78 is 5.44. The van der Waals surface area contributed by atoms with Gasteiger partial charge in [0.1, 0.15) is 5.75 Å². The highest BCUT2D eigenvalue weighted by atomic mass is 16.5. The van der Waals surface area contributed by atoms with Crippen LogP contribution in [0.15, 0.2) is 18.2 Å². The number of rotatable bonds is 2. The Balaban J connectivity index is 2.34. The molecule has 1 aliphatic heterocycles. The topological polar surface area (TPSA) is 33.0 Å². The fraction of sp³-hybridized carbons (Fsp3) is 0.462. The molecule has 0 amide bonds. The smallest absolute Gasteiger partial charge is 0.122 e. The highest BCUT2D eigenvalue weighted by Crippen LogP contribution is 2.31. The molecule has 0 N–H and O–H groups in total. The van der Waals surface area contributed by atoms with Crippen molar-refractivity contribution in [3.63, 3.8) is 0 Å². The van der Waals surface area contributed by atoms with Gasteiger partial charge in [-0.1, -0.05) is 26.0 Å². The summed E-state index contributed by atoms with van der Waals surface area (Å²) in [6.07, 6.45) is 0.972.